The highest BCUT2D eigenvalue weighted by Gasteiger charge is 2.32. The number of hydrogen-bond acceptors (Lipinski definition) is 2. The molecule has 1 aliphatic carbocycles. The average Bonchev–Trinajstić information content (AvgIpc) is 2.84. The molecule has 1 aliphatic rings. The van der Waals surface area contributed by atoms with Gasteiger partial charge in [-0.3, -0.25) is 4.79 Å². The third-order valence-corrected chi connectivity index (χ3v) is 2.58. The van der Waals surface area contributed by atoms with E-state index in [2.05, 4.69) is 6.92 Å². The van der Waals surface area contributed by atoms with Crippen LogP contribution in [-0.4, -0.2) is 37.6 Å². The SMILES string of the molecule is COCC(=O)N(C)C(C)C1CC1. The monoisotopic (exact) mass is 171 g/mol. The topological polar surface area (TPSA) is 29.5 Å². The largest absolute Gasteiger partial charge is 0.375 e. The molecule has 0 saturated heterocycles. The second kappa shape index (κ2) is 3.90. The summed E-state index contributed by atoms with van der Waals surface area (Å²) in [6.45, 7) is 2.30. The number of methoxy groups -OCH3 is 1. The zero-order chi connectivity index (χ0) is 9.14. The van der Waals surface area contributed by atoms with Crippen LogP contribution in [0.5, 0.6) is 0 Å². The molecule has 1 amide bonds. The number of carbonyl (C=O) groups is 1. The van der Waals surface area contributed by atoms with E-state index in [0.717, 1.165) is 5.92 Å². The molecule has 0 bridgehead atoms. The molecular weight excluding hydrogens is 154 g/mol. The van der Waals surface area contributed by atoms with Gasteiger partial charge in [-0.05, 0) is 25.7 Å². The Bertz CT molecular complexity index is 166. The number of ether oxygens (including phenoxy) is 1. The van der Waals surface area contributed by atoms with Gasteiger partial charge in [-0.15, -0.1) is 0 Å². The van der Waals surface area contributed by atoms with Crippen LogP contribution in [0, 0.1) is 5.92 Å². The highest BCUT2D eigenvalue weighted by Crippen LogP contribution is 2.34. The fraction of sp³-hybridized carbons (Fsp3) is 0.889. The number of hydrogen-bond donors (Lipinski definition) is 0. The van der Waals surface area contributed by atoms with Gasteiger partial charge < -0.3 is 9.64 Å². The van der Waals surface area contributed by atoms with Crippen molar-refractivity contribution in [1.82, 2.24) is 4.90 Å². The minimum absolute atomic E-state index is 0.0805. The summed E-state index contributed by atoms with van der Waals surface area (Å²) in [5.74, 6) is 0.813. The molecule has 0 radical (unpaired) electrons. The zero-order valence-electron chi connectivity index (χ0n) is 8.04. The van der Waals surface area contributed by atoms with Gasteiger partial charge in [0.1, 0.15) is 6.61 Å². The summed E-state index contributed by atoms with van der Waals surface area (Å²) < 4.78 is 4.78. The van der Waals surface area contributed by atoms with Crippen LogP contribution in [0.25, 0.3) is 0 Å². The summed E-state index contributed by atoms with van der Waals surface area (Å²) in [4.78, 5) is 13.1. The van der Waals surface area contributed by atoms with Crippen LogP contribution in [0.2, 0.25) is 0 Å². The van der Waals surface area contributed by atoms with Gasteiger partial charge in [0.15, 0.2) is 0 Å². The second-order valence-corrected chi connectivity index (χ2v) is 3.52. The number of rotatable bonds is 4. The Hall–Kier alpha value is -0.570. The van der Waals surface area contributed by atoms with Crippen molar-refractivity contribution >= 4 is 5.91 Å². The van der Waals surface area contributed by atoms with Gasteiger partial charge in [0, 0.05) is 20.2 Å². The summed E-state index contributed by atoms with van der Waals surface area (Å²) in [6, 6.07) is 0.382. The van der Waals surface area contributed by atoms with E-state index in [0.29, 0.717) is 6.04 Å². The molecule has 0 aromatic carbocycles. The van der Waals surface area contributed by atoms with Gasteiger partial charge in [0.05, 0.1) is 0 Å². The summed E-state index contributed by atoms with van der Waals surface area (Å²) in [5, 5.41) is 0. The van der Waals surface area contributed by atoms with E-state index in [-0.39, 0.29) is 12.5 Å². The van der Waals surface area contributed by atoms with E-state index in [4.69, 9.17) is 4.74 Å². The van der Waals surface area contributed by atoms with Crippen LogP contribution in [0.1, 0.15) is 19.8 Å². The van der Waals surface area contributed by atoms with Crippen LogP contribution in [0.15, 0.2) is 0 Å². The van der Waals surface area contributed by atoms with E-state index >= 15 is 0 Å². The van der Waals surface area contributed by atoms with Crippen molar-refractivity contribution in [3.63, 3.8) is 0 Å². The van der Waals surface area contributed by atoms with E-state index in [9.17, 15) is 4.79 Å². The molecule has 0 N–H and O–H groups in total. The predicted molar refractivity (Wildman–Crippen MR) is 46.8 cm³/mol. The molecule has 0 spiro atoms. The highest BCUT2D eigenvalue weighted by molar-refractivity contribution is 5.77. The number of amides is 1. The summed E-state index contributed by atoms with van der Waals surface area (Å²) in [5.41, 5.74) is 0. The molecule has 1 saturated carbocycles. The fourth-order valence-corrected chi connectivity index (χ4v) is 1.35. The van der Waals surface area contributed by atoms with E-state index in [1.54, 1.807) is 12.0 Å². The summed E-state index contributed by atoms with van der Waals surface area (Å²) in [7, 11) is 3.40. The van der Waals surface area contributed by atoms with Gasteiger partial charge in [0.25, 0.3) is 0 Å². The first kappa shape index (κ1) is 9.52. The molecule has 1 atom stereocenters. The lowest BCUT2D eigenvalue weighted by Gasteiger charge is -2.24. The third-order valence-electron chi connectivity index (χ3n) is 2.58. The van der Waals surface area contributed by atoms with Crippen molar-refractivity contribution < 1.29 is 9.53 Å². The van der Waals surface area contributed by atoms with Gasteiger partial charge in [-0.1, -0.05) is 0 Å². The lowest BCUT2D eigenvalue weighted by molar-refractivity contribution is -0.135. The maximum atomic E-state index is 11.3. The normalized spacial score (nSPS) is 18.9. The Kier molecular flexibility index (Phi) is 3.09. The molecule has 70 valence electrons. The minimum atomic E-state index is 0.0805. The lowest BCUT2D eigenvalue weighted by Crippen LogP contribution is -2.38. The summed E-state index contributed by atoms with van der Waals surface area (Å²) in [6.07, 6.45) is 2.54. The minimum Gasteiger partial charge on any atom is -0.375 e. The smallest absolute Gasteiger partial charge is 0.248 e. The third kappa shape index (κ3) is 2.21. The predicted octanol–water partition coefficient (Wildman–Crippen LogP) is 0.890. The van der Waals surface area contributed by atoms with E-state index in [1.807, 2.05) is 7.05 Å². The number of nitrogens with zero attached hydrogens (tertiary/aromatic N) is 1. The van der Waals surface area contributed by atoms with E-state index in [1.165, 1.54) is 12.8 Å². The van der Waals surface area contributed by atoms with Gasteiger partial charge in [-0.2, -0.15) is 0 Å². The van der Waals surface area contributed by atoms with Crippen LogP contribution in [-0.2, 0) is 9.53 Å². The van der Waals surface area contributed by atoms with Crippen molar-refractivity contribution in [1.29, 1.82) is 0 Å². The molecule has 1 fully saturated rings. The number of likely N-dealkylation sites (N-methyl/N-ethyl adjacent to an activating group) is 1. The number of carbonyl (C=O) groups excluding carboxylic acids is 1. The summed E-state index contributed by atoms with van der Waals surface area (Å²) >= 11 is 0. The van der Waals surface area contributed by atoms with Crippen molar-refractivity contribution in [3.8, 4) is 0 Å². The van der Waals surface area contributed by atoms with Crippen LogP contribution < -0.4 is 0 Å². The van der Waals surface area contributed by atoms with Crippen LogP contribution in [0.3, 0.4) is 0 Å². The molecule has 0 aromatic rings. The molecule has 1 unspecified atom stereocenters. The van der Waals surface area contributed by atoms with Crippen LogP contribution in [0.4, 0.5) is 0 Å². The Morgan fingerprint density at radius 1 is 1.67 bits per heavy atom. The quantitative estimate of drug-likeness (QED) is 0.628. The maximum Gasteiger partial charge on any atom is 0.248 e. The Labute approximate surface area is 73.7 Å². The van der Waals surface area contributed by atoms with Gasteiger partial charge in [-0.25, -0.2) is 0 Å². The molecule has 0 aromatic heterocycles. The standard InChI is InChI=1S/C9H17NO2/c1-7(8-4-5-8)10(2)9(11)6-12-3/h7-8H,4-6H2,1-3H3. The van der Waals surface area contributed by atoms with Crippen molar-refractivity contribution in [2.45, 2.75) is 25.8 Å². The van der Waals surface area contributed by atoms with Gasteiger partial charge in [0.2, 0.25) is 5.91 Å². The van der Waals surface area contributed by atoms with Crippen molar-refractivity contribution in [2.24, 2.45) is 5.92 Å². The molecule has 0 heterocycles. The zero-order valence-corrected chi connectivity index (χ0v) is 8.04. The van der Waals surface area contributed by atoms with Crippen molar-refractivity contribution in [3.05, 3.63) is 0 Å². The highest BCUT2D eigenvalue weighted by atomic mass is 16.5. The van der Waals surface area contributed by atoms with Gasteiger partial charge >= 0.3 is 0 Å². The Balaban J connectivity index is 2.33. The molecule has 0 aliphatic heterocycles. The first-order chi connectivity index (χ1) is 5.66. The van der Waals surface area contributed by atoms with E-state index < -0.39 is 0 Å². The molecular formula is C9H17NO2. The van der Waals surface area contributed by atoms with Crippen LogP contribution >= 0.6 is 0 Å². The molecule has 3 nitrogen and oxygen atoms in total. The molecule has 12 heavy (non-hydrogen) atoms. The lowest BCUT2D eigenvalue weighted by atomic mass is 10.2. The maximum absolute atomic E-state index is 11.3. The average molecular weight is 171 g/mol. The Morgan fingerprint density at radius 2 is 2.25 bits per heavy atom. The molecule has 1 rings (SSSR count). The second-order valence-electron chi connectivity index (χ2n) is 3.52. The Morgan fingerprint density at radius 3 is 2.67 bits per heavy atom. The fourth-order valence-electron chi connectivity index (χ4n) is 1.35. The first-order valence-corrected chi connectivity index (χ1v) is 4.41. The van der Waals surface area contributed by atoms with Crippen molar-refractivity contribution in [2.75, 3.05) is 20.8 Å². The first-order valence-electron chi connectivity index (χ1n) is 4.41. The molecule has 3 heteroatoms.